The van der Waals surface area contributed by atoms with Crippen molar-refractivity contribution < 1.29 is 5.11 Å². The van der Waals surface area contributed by atoms with Crippen LogP contribution in [0.25, 0.3) is 0 Å². The van der Waals surface area contributed by atoms with Gasteiger partial charge in [-0.15, -0.1) is 0 Å². The summed E-state index contributed by atoms with van der Waals surface area (Å²) in [4.78, 5) is 2.51. The van der Waals surface area contributed by atoms with Crippen molar-refractivity contribution in [2.24, 2.45) is 0 Å². The van der Waals surface area contributed by atoms with Crippen molar-refractivity contribution in [2.75, 3.05) is 13.2 Å². The molecule has 0 bridgehead atoms. The molecule has 1 saturated carbocycles. The third-order valence-electron chi connectivity index (χ3n) is 3.28. The van der Waals surface area contributed by atoms with Crippen molar-refractivity contribution in [1.29, 1.82) is 0 Å². The zero-order valence-electron chi connectivity index (χ0n) is 7.21. The molecule has 0 amide bonds. The first-order chi connectivity index (χ1) is 5.28. The summed E-state index contributed by atoms with van der Waals surface area (Å²) in [5.41, 5.74) is 0.232. The standard InChI is InChI=1S/C9H17NO/c1-8-3-2-6-10(8)9(7-11)4-5-9/h8,11H,2-7H2,1H3. The van der Waals surface area contributed by atoms with Crippen LogP contribution >= 0.6 is 0 Å². The number of hydrogen-bond acceptors (Lipinski definition) is 2. The van der Waals surface area contributed by atoms with Crippen LogP contribution in [0.1, 0.15) is 32.6 Å². The van der Waals surface area contributed by atoms with Gasteiger partial charge in [-0.05, 0) is 39.2 Å². The van der Waals surface area contributed by atoms with E-state index in [1.807, 2.05) is 0 Å². The maximum absolute atomic E-state index is 9.19. The van der Waals surface area contributed by atoms with Gasteiger partial charge in [0.15, 0.2) is 0 Å². The predicted molar refractivity (Wildman–Crippen MR) is 44.5 cm³/mol. The van der Waals surface area contributed by atoms with Gasteiger partial charge in [0.25, 0.3) is 0 Å². The summed E-state index contributed by atoms with van der Waals surface area (Å²) in [7, 11) is 0. The number of likely N-dealkylation sites (tertiary alicyclic amines) is 1. The van der Waals surface area contributed by atoms with E-state index in [9.17, 15) is 5.11 Å². The highest BCUT2D eigenvalue weighted by molar-refractivity contribution is 5.06. The van der Waals surface area contributed by atoms with E-state index in [1.165, 1.54) is 32.2 Å². The fourth-order valence-electron chi connectivity index (χ4n) is 2.32. The molecule has 2 heteroatoms. The lowest BCUT2D eigenvalue weighted by molar-refractivity contribution is 0.0999. The highest BCUT2D eigenvalue weighted by atomic mass is 16.3. The monoisotopic (exact) mass is 155 g/mol. The molecule has 1 aliphatic heterocycles. The van der Waals surface area contributed by atoms with Gasteiger partial charge in [0.1, 0.15) is 0 Å². The van der Waals surface area contributed by atoms with E-state index in [0.717, 1.165) is 0 Å². The number of nitrogens with zero attached hydrogens (tertiary/aromatic N) is 1. The predicted octanol–water partition coefficient (Wildman–Crippen LogP) is 0.996. The zero-order chi connectivity index (χ0) is 7.90. The zero-order valence-corrected chi connectivity index (χ0v) is 7.21. The Morgan fingerprint density at radius 1 is 1.55 bits per heavy atom. The highest BCUT2D eigenvalue weighted by Crippen LogP contribution is 2.44. The fourth-order valence-corrected chi connectivity index (χ4v) is 2.32. The molecule has 11 heavy (non-hydrogen) atoms. The lowest BCUT2D eigenvalue weighted by Gasteiger charge is -2.29. The topological polar surface area (TPSA) is 23.5 Å². The average molecular weight is 155 g/mol. The van der Waals surface area contributed by atoms with E-state index in [2.05, 4.69) is 11.8 Å². The molecular formula is C9H17NO. The molecule has 2 fully saturated rings. The summed E-state index contributed by atoms with van der Waals surface area (Å²) >= 11 is 0. The van der Waals surface area contributed by atoms with Gasteiger partial charge in [-0.1, -0.05) is 0 Å². The van der Waals surface area contributed by atoms with Crippen molar-refractivity contribution >= 4 is 0 Å². The van der Waals surface area contributed by atoms with Gasteiger partial charge in [0.2, 0.25) is 0 Å². The maximum atomic E-state index is 9.19. The highest BCUT2D eigenvalue weighted by Gasteiger charge is 2.49. The SMILES string of the molecule is CC1CCCN1C1(CO)CC1. The van der Waals surface area contributed by atoms with Gasteiger partial charge in [0.05, 0.1) is 6.61 Å². The van der Waals surface area contributed by atoms with Crippen LogP contribution in [0.15, 0.2) is 0 Å². The Labute approximate surface area is 68.2 Å². The Morgan fingerprint density at radius 2 is 2.27 bits per heavy atom. The van der Waals surface area contributed by atoms with Gasteiger partial charge < -0.3 is 5.11 Å². The van der Waals surface area contributed by atoms with Gasteiger partial charge in [-0.3, -0.25) is 4.90 Å². The Bertz CT molecular complexity index is 154. The Hall–Kier alpha value is -0.0800. The maximum Gasteiger partial charge on any atom is 0.0615 e. The third-order valence-corrected chi connectivity index (χ3v) is 3.28. The normalized spacial score (nSPS) is 36.0. The van der Waals surface area contributed by atoms with Crippen LogP contribution in [-0.4, -0.2) is 34.7 Å². The van der Waals surface area contributed by atoms with Crippen LogP contribution in [0.3, 0.4) is 0 Å². The second-order valence-electron chi connectivity index (χ2n) is 4.07. The molecular weight excluding hydrogens is 138 g/mol. The fraction of sp³-hybridized carbons (Fsp3) is 1.00. The molecule has 2 nitrogen and oxygen atoms in total. The average Bonchev–Trinajstić information content (AvgIpc) is 2.70. The number of rotatable bonds is 2. The first-order valence-electron chi connectivity index (χ1n) is 4.66. The molecule has 1 N–H and O–H groups in total. The largest absolute Gasteiger partial charge is 0.394 e. The van der Waals surface area contributed by atoms with E-state index in [0.29, 0.717) is 12.6 Å². The minimum absolute atomic E-state index is 0.232. The molecule has 64 valence electrons. The molecule has 0 spiro atoms. The number of aliphatic hydroxyl groups is 1. The second-order valence-corrected chi connectivity index (χ2v) is 4.07. The van der Waals surface area contributed by atoms with E-state index >= 15 is 0 Å². The molecule has 2 aliphatic rings. The molecule has 0 aromatic rings. The lowest BCUT2D eigenvalue weighted by atomic mass is 10.2. The van der Waals surface area contributed by atoms with Crippen molar-refractivity contribution in [3.05, 3.63) is 0 Å². The first-order valence-corrected chi connectivity index (χ1v) is 4.66. The molecule has 1 heterocycles. The summed E-state index contributed by atoms with van der Waals surface area (Å²) in [6, 6.07) is 0.713. The van der Waals surface area contributed by atoms with E-state index in [-0.39, 0.29) is 5.54 Å². The third kappa shape index (κ3) is 1.09. The first kappa shape index (κ1) is 7.56. The van der Waals surface area contributed by atoms with E-state index < -0.39 is 0 Å². The molecule has 1 atom stereocenters. The Morgan fingerprint density at radius 3 is 2.64 bits per heavy atom. The summed E-state index contributed by atoms with van der Waals surface area (Å²) in [6.07, 6.45) is 5.08. The van der Waals surface area contributed by atoms with Crippen molar-refractivity contribution in [3.8, 4) is 0 Å². The number of aliphatic hydroxyl groups excluding tert-OH is 1. The van der Waals surface area contributed by atoms with Crippen molar-refractivity contribution in [2.45, 2.75) is 44.2 Å². The van der Waals surface area contributed by atoms with Crippen molar-refractivity contribution in [1.82, 2.24) is 4.90 Å². The minimum Gasteiger partial charge on any atom is -0.394 e. The Balaban J connectivity index is 2.03. The summed E-state index contributed by atoms with van der Waals surface area (Å²) < 4.78 is 0. The quantitative estimate of drug-likeness (QED) is 0.643. The Kier molecular flexibility index (Phi) is 1.69. The van der Waals surface area contributed by atoms with Crippen LogP contribution in [0, 0.1) is 0 Å². The van der Waals surface area contributed by atoms with Gasteiger partial charge >= 0.3 is 0 Å². The lowest BCUT2D eigenvalue weighted by Crippen LogP contribution is -2.42. The van der Waals surface area contributed by atoms with Gasteiger partial charge in [-0.25, -0.2) is 0 Å². The smallest absolute Gasteiger partial charge is 0.0615 e. The minimum atomic E-state index is 0.232. The van der Waals surface area contributed by atoms with Crippen LogP contribution in [0.4, 0.5) is 0 Å². The molecule has 0 aromatic carbocycles. The molecule has 0 radical (unpaired) electrons. The van der Waals surface area contributed by atoms with E-state index in [1.54, 1.807) is 0 Å². The van der Waals surface area contributed by atoms with Crippen molar-refractivity contribution in [3.63, 3.8) is 0 Å². The summed E-state index contributed by atoms with van der Waals surface area (Å²) in [6.45, 7) is 3.86. The second kappa shape index (κ2) is 2.46. The molecule has 1 saturated heterocycles. The van der Waals surface area contributed by atoms with Crippen LogP contribution in [-0.2, 0) is 0 Å². The van der Waals surface area contributed by atoms with Crippen LogP contribution in [0.5, 0.6) is 0 Å². The summed E-state index contributed by atoms with van der Waals surface area (Å²) in [5.74, 6) is 0. The van der Waals surface area contributed by atoms with Crippen LogP contribution < -0.4 is 0 Å². The molecule has 0 aromatic heterocycles. The summed E-state index contributed by atoms with van der Waals surface area (Å²) in [5, 5.41) is 9.19. The molecule has 1 unspecified atom stereocenters. The van der Waals surface area contributed by atoms with Crippen LogP contribution in [0.2, 0.25) is 0 Å². The van der Waals surface area contributed by atoms with Gasteiger partial charge in [-0.2, -0.15) is 0 Å². The van der Waals surface area contributed by atoms with Gasteiger partial charge in [0, 0.05) is 11.6 Å². The molecule has 2 rings (SSSR count). The number of hydrogen-bond donors (Lipinski definition) is 1. The van der Waals surface area contributed by atoms with E-state index in [4.69, 9.17) is 0 Å². The molecule has 1 aliphatic carbocycles.